The Hall–Kier alpha value is -1.55. The normalized spacial score (nSPS) is 17.1. The molecular formula is C16H23N3O. The number of carbonyl (C=O) groups is 1. The maximum atomic E-state index is 12.4. The number of hydrogen-bond acceptors (Lipinski definition) is 2. The van der Waals surface area contributed by atoms with Gasteiger partial charge in [-0.25, -0.2) is 0 Å². The molecule has 1 aliphatic carbocycles. The predicted molar refractivity (Wildman–Crippen MR) is 80.8 cm³/mol. The van der Waals surface area contributed by atoms with Crippen molar-refractivity contribution in [2.45, 2.75) is 39.2 Å². The lowest BCUT2D eigenvalue weighted by atomic mass is 9.94. The monoisotopic (exact) mass is 273 g/mol. The number of unbranched alkanes of at least 4 members (excludes halogenated alkanes) is 1. The molecule has 0 fully saturated rings. The highest BCUT2D eigenvalue weighted by Gasteiger charge is 2.25. The molecule has 0 saturated carbocycles. The van der Waals surface area contributed by atoms with Crippen molar-refractivity contribution in [3.8, 4) is 0 Å². The fourth-order valence-corrected chi connectivity index (χ4v) is 3.14. The van der Waals surface area contributed by atoms with Crippen LogP contribution >= 0.6 is 0 Å². The highest BCUT2D eigenvalue weighted by molar-refractivity contribution is 5.97. The van der Waals surface area contributed by atoms with Crippen molar-refractivity contribution in [2.24, 2.45) is 0 Å². The molecule has 3 rings (SSSR count). The predicted octanol–water partition coefficient (Wildman–Crippen LogP) is 1.95. The van der Waals surface area contributed by atoms with E-state index < -0.39 is 0 Å². The fraction of sp³-hybridized carbons (Fsp3) is 0.562. The molecule has 2 heterocycles. The topological polar surface area (TPSA) is 46.1 Å². The van der Waals surface area contributed by atoms with E-state index in [0.29, 0.717) is 0 Å². The number of nitrogens with one attached hydrogen (secondary N) is 2. The Labute approximate surface area is 120 Å². The van der Waals surface area contributed by atoms with Crippen LogP contribution in [-0.4, -0.2) is 30.1 Å². The summed E-state index contributed by atoms with van der Waals surface area (Å²) in [5.74, 6) is 0.100. The summed E-state index contributed by atoms with van der Waals surface area (Å²) in [6, 6.07) is 0. The van der Waals surface area contributed by atoms with Gasteiger partial charge < -0.3 is 15.2 Å². The highest BCUT2D eigenvalue weighted by atomic mass is 16.1. The molecule has 0 atom stereocenters. The molecule has 0 spiro atoms. The van der Waals surface area contributed by atoms with E-state index in [4.69, 9.17) is 0 Å². The minimum atomic E-state index is 0.100. The van der Waals surface area contributed by atoms with Crippen molar-refractivity contribution in [1.82, 2.24) is 15.2 Å². The van der Waals surface area contributed by atoms with Gasteiger partial charge in [0.2, 0.25) is 0 Å². The van der Waals surface area contributed by atoms with E-state index in [1.54, 1.807) is 0 Å². The van der Waals surface area contributed by atoms with Crippen molar-refractivity contribution in [2.75, 3.05) is 19.6 Å². The molecule has 0 unspecified atom stereocenters. The Bertz CT molecular complexity index is 542. The molecule has 0 bridgehead atoms. The van der Waals surface area contributed by atoms with Gasteiger partial charge >= 0.3 is 0 Å². The molecule has 1 aliphatic heterocycles. The first kappa shape index (κ1) is 13.4. The molecule has 0 radical (unpaired) electrons. The van der Waals surface area contributed by atoms with Crippen LogP contribution < -0.4 is 10.6 Å². The van der Waals surface area contributed by atoms with Gasteiger partial charge in [-0.1, -0.05) is 19.4 Å². The largest absolute Gasteiger partial charge is 0.352 e. The van der Waals surface area contributed by atoms with E-state index in [9.17, 15) is 4.79 Å². The summed E-state index contributed by atoms with van der Waals surface area (Å²) in [6.07, 6.45) is 8.56. The van der Waals surface area contributed by atoms with Crippen LogP contribution in [0.5, 0.6) is 0 Å². The highest BCUT2D eigenvalue weighted by Crippen LogP contribution is 2.31. The van der Waals surface area contributed by atoms with Gasteiger partial charge in [-0.15, -0.1) is 0 Å². The van der Waals surface area contributed by atoms with Crippen LogP contribution in [0.2, 0.25) is 0 Å². The lowest BCUT2D eigenvalue weighted by molar-refractivity contribution is 0.0952. The van der Waals surface area contributed by atoms with Gasteiger partial charge in [-0.05, 0) is 30.4 Å². The smallest absolute Gasteiger partial charge is 0.253 e. The van der Waals surface area contributed by atoms with E-state index in [-0.39, 0.29) is 5.91 Å². The molecule has 2 N–H and O–H groups in total. The standard InChI is InChI=1S/C16H23N3O/c1-2-3-7-18-16(20)14-11-19-9-8-17-10-12-5-4-6-13(14)15(12)19/h5,11,17H,2-4,6-10H2,1H3,(H,18,20). The molecule has 1 amide bonds. The summed E-state index contributed by atoms with van der Waals surface area (Å²) in [5, 5.41) is 6.49. The summed E-state index contributed by atoms with van der Waals surface area (Å²) in [4.78, 5) is 12.4. The number of aromatic nitrogens is 1. The van der Waals surface area contributed by atoms with Crippen molar-refractivity contribution in [3.05, 3.63) is 29.1 Å². The number of rotatable bonds is 4. The number of nitrogens with zero attached hydrogens (tertiary/aromatic N) is 1. The van der Waals surface area contributed by atoms with E-state index in [1.165, 1.54) is 16.8 Å². The van der Waals surface area contributed by atoms with Crippen LogP contribution in [0.25, 0.3) is 5.57 Å². The number of carbonyl (C=O) groups excluding carboxylic acids is 1. The average molecular weight is 273 g/mol. The number of allylic oxidation sites excluding steroid dienone is 1. The van der Waals surface area contributed by atoms with Crippen LogP contribution in [0, 0.1) is 0 Å². The third kappa shape index (κ3) is 2.40. The molecule has 1 aromatic rings. The average Bonchev–Trinajstić information content (AvgIpc) is 2.70. The maximum absolute atomic E-state index is 12.4. The Morgan fingerprint density at radius 3 is 3.25 bits per heavy atom. The van der Waals surface area contributed by atoms with Crippen LogP contribution in [0.4, 0.5) is 0 Å². The molecule has 0 aromatic carbocycles. The van der Waals surface area contributed by atoms with Gasteiger partial charge in [0, 0.05) is 38.1 Å². The summed E-state index contributed by atoms with van der Waals surface area (Å²) >= 11 is 0. The zero-order valence-electron chi connectivity index (χ0n) is 12.2. The fourth-order valence-electron chi connectivity index (χ4n) is 3.14. The Balaban J connectivity index is 1.89. The minimum Gasteiger partial charge on any atom is -0.352 e. The van der Waals surface area contributed by atoms with Gasteiger partial charge in [0.25, 0.3) is 5.91 Å². The van der Waals surface area contributed by atoms with Crippen molar-refractivity contribution in [3.63, 3.8) is 0 Å². The molecule has 4 nitrogen and oxygen atoms in total. The third-order valence-corrected chi connectivity index (χ3v) is 4.18. The van der Waals surface area contributed by atoms with Crippen LogP contribution in [0.3, 0.4) is 0 Å². The zero-order chi connectivity index (χ0) is 13.9. The van der Waals surface area contributed by atoms with Crippen molar-refractivity contribution >= 4 is 11.5 Å². The molecule has 20 heavy (non-hydrogen) atoms. The summed E-state index contributed by atoms with van der Waals surface area (Å²) in [7, 11) is 0. The lowest BCUT2D eigenvalue weighted by Crippen LogP contribution is -2.25. The first-order chi connectivity index (χ1) is 9.81. The summed E-state index contributed by atoms with van der Waals surface area (Å²) in [5.41, 5.74) is 4.79. The molecule has 0 saturated heterocycles. The first-order valence-electron chi connectivity index (χ1n) is 7.71. The maximum Gasteiger partial charge on any atom is 0.253 e. The Morgan fingerprint density at radius 2 is 2.40 bits per heavy atom. The van der Waals surface area contributed by atoms with Crippen LogP contribution in [-0.2, 0) is 13.0 Å². The first-order valence-corrected chi connectivity index (χ1v) is 7.71. The van der Waals surface area contributed by atoms with Gasteiger partial charge in [0.1, 0.15) is 0 Å². The van der Waals surface area contributed by atoms with Gasteiger partial charge in [-0.2, -0.15) is 0 Å². The molecular weight excluding hydrogens is 250 g/mol. The molecule has 4 heteroatoms. The summed E-state index contributed by atoms with van der Waals surface area (Å²) in [6.45, 7) is 5.76. The third-order valence-electron chi connectivity index (χ3n) is 4.18. The molecule has 2 aliphatic rings. The second-order valence-electron chi connectivity index (χ2n) is 5.62. The second-order valence-corrected chi connectivity index (χ2v) is 5.62. The van der Waals surface area contributed by atoms with Crippen LogP contribution in [0.15, 0.2) is 12.3 Å². The number of amides is 1. The quantitative estimate of drug-likeness (QED) is 0.824. The molecule has 1 aromatic heterocycles. The van der Waals surface area contributed by atoms with Crippen molar-refractivity contribution < 1.29 is 4.79 Å². The second kappa shape index (κ2) is 5.83. The van der Waals surface area contributed by atoms with Gasteiger partial charge in [0.05, 0.1) is 5.56 Å². The lowest BCUT2D eigenvalue weighted by Gasteiger charge is -2.15. The van der Waals surface area contributed by atoms with Gasteiger partial charge in [-0.3, -0.25) is 4.79 Å². The SMILES string of the molecule is CCCCNC(=O)c1cn2c3c1CCC=C3CNCC2. The Kier molecular flexibility index (Phi) is 3.92. The van der Waals surface area contributed by atoms with E-state index in [0.717, 1.165) is 57.4 Å². The summed E-state index contributed by atoms with van der Waals surface area (Å²) < 4.78 is 2.26. The zero-order valence-corrected chi connectivity index (χ0v) is 12.2. The van der Waals surface area contributed by atoms with E-state index >= 15 is 0 Å². The molecule has 108 valence electrons. The van der Waals surface area contributed by atoms with E-state index in [2.05, 4.69) is 34.4 Å². The minimum absolute atomic E-state index is 0.100. The van der Waals surface area contributed by atoms with Crippen molar-refractivity contribution in [1.29, 1.82) is 0 Å². The number of hydrogen-bond donors (Lipinski definition) is 2. The van der Waals surface area contributed by atoms with Gasteiger partial charge in [0.15, 0.2) is 0 Å². The van der Waals surface area contributed by atoms with Crippen LogP contribution in [0.1, 0.15) is 47.8 Å². The Morgan fingerprint density at radius 1 is 1.50 bits per heavy atom. The van der Waals surface area contributed by atoms with E-state index in [1.807, 2.05) is 0 Å².